The predicted octanol–water partition coefficient (Wildman–Crippen LogP) is 3.93. The first kappa shape index (κ1) is 13.5. The van der Waals surface area contributed by atoms with Gasteiger partial charge in [0.2, 0.25) is 0 Å². The zero-order chi connectivity index (χ0) is 15.0. The molecule has 2 aromatic carbocycles. The molecule has 0 aliphatic heterocycles. The van der Waals surface area contributed by atoms with Crippen LogP contribution in [0.5, 0.6) is 0 Å². The van der Waals surface area contributed by atoms with Crippen LogP contribution in [0.15, 0.2) is 48.7 Å². The van der Waals surface area contributed by atoms with E-state index in [2.05, 4.69) is 0 Å². The van der Waals surface area contributed by atoms with Crippen LogP contribution in [0.2, 0.25) is 5.02 Å². The molecule has 0 aliphatic rings. The van der Waals surface area contributed by atoms with Crippen LogP contribution in [0.3, 0.4) is 0 Å². The molecule has 0 N–H and O–H groups in total. The first-order valence-corrected chi connectivity index (χ1v) is 6.54. The number of aromatic nitrogens is 1. The van der Waals surface area contributed by atoms with Crippen LogP contribution in [0.4, 0.5) is 4.39 Å². The number of benzene rings is 2. The summed E-state index contributed by atoms with van der Waals surface area (Å²) in [5, 5.41) is 1.03. The van der Waals surface area contributed by atoms with Crippen molar-refractivity contribution >= 4 is 34.7 Å². The van der Waals surface area contributed by atoms with Crippen molar-refractivity contribution in [2.45, 2.75) is 0 Å². The normalized spacial score (nSPS) is 10.8. The fourth-order valence-corrected chi connectivity index (χ4v) is 2.42. The molecule has 3 nitrogen and oxygen atoms in total. The van der Waals surface area contributed by atoms with Crippen molar-refractivity contribution in [3.63, 3.8) is 0 Å². The van der Waals surface area contributed by atoms with E-state index in [4.69, 9.17) is 11.6 Å². The van der Waals surface area contributed by atoms with Crippen LogP contribution >= 0.6 is 11.6 Å². The summed E-state index contributed by atoms with van der Waals surface area (Å²) >= 11 is 5.94. The van der Waals surface area contributed by atoms with Gasteiger partial charge in [0.05, 0.1) is 11.1 Å². The highest BCUT2D eigenvalue weighted by molar-refractivity contribution is 6.31. The van der Waals surface area contributed by atoms with Crippen molar-refractivity contribution in [2.75, 3.05) is 0 Å². The summed E-state index contributed by atoms with van der Waals surface area (Å²) in [5.74, 6) is -1.16. The van der Waals surface area contributed by atoms with E-state index in [-0.39, 0.29) is 5.56 Å². The van der Waals surface area contributed by atoms with Gasteiger partial charge in [-0.1, -0.05) is 29.8 Å². The Kier molecular flexibility index (Phi) is 3.31. The number of carbonyl (C=O) groups excluding carboxylic acids is 2. The number of nitrogens with zero attached hydrogens (tertiary/aromatic N) is 1. The topological polar surface area (TPSA) is 39.1 Å². The highest BCUT2D eigenvalue weighted by Gasteiger charge is 2.17. The van der Waals surface area contributed by atoms with Crippen LogP contribution in [0.25, 0.3) is 10.9 Å². The molecule has 0 spiro atoms. The third-order valence-corrected chi connectivity index (χ3v) is 3.48. The fraction of sp³-hybridized carbons (Fsp3) is 0. The summed E-state index contributed by atoms with van der Waals surface area (Å²) in [4.78, 5) is 23.6. The number of aldehydes is 1. The van der Waals surface area contributed by atoms with Gasteiger partial charge < -0.3 is 0 Å². The zero-order valence-corrected chi connectivity index (χ0v) is 11.5. The van der Waals surface area contributed by atoms with Gasteiger partial charge in [-0.25, -0.2) is 4.39 Å². The van der Waals surface area contributed by atoms with Gasteiger partial charge in [0.1, 0.15) is 5.82 Å². The Hall–Kier alpha value is -2.46. The molecule has 0 fully saturated rings. The van der Waals surface area contributed by atoms with E-state index in [9.17, 15) is 14.0 Å². The van der Waals surface area contributed by atoms with Crippen molar-refractivity contribution < 1.29 is 14.0 Å². The van der Waals surface area contributed by atoms with Crippen molar-refractivity contribution in [3.8, 4) is 0 Å². The number of fused-ring (bicyclic) bond motifs is 1. The number of halogens is 2. The molecular formula is C16H9ClFNO2. The van der Waals surface area contributed by atoms with Gasteiger partial charge in [0.25, 0.3) is 5.91 Å². The maximum Gasteiger partial charge on any atom is 0.265 e. The molecule has 0 saturated carbocycles. The van der Waals surface area contributed by atoms with Gasteiger partial charge in [-0.3, -0.25) is 14.2 Å². The second-order valence-corrected chi connectivity index (χ2v) is 4.96. The molecule has 0 bridgehead atoms. The molecule has 3 aromatic rings. The fourth-order valence-electron chi connectivity index (χ4n) is 2.25. The lowest BCUT2D eigenvalue weighted by atomic mass is 10.2. The molecule has 0 unspecified atom stereocenters. The van der Waals surface area contributed by atoms with E-state index >= 15 is 0 Å². The van der Waals surface area contributed by atoms with Gasteiger partial charge in [0, 0.05) is 22.2 Å². The smallest absolute Gasteiger partial charge is 0.265 e. The first-order valence-electron chi connectivity index (χ1n) is 6.17. The molecule has 3 rings (SSSR count). The predicted molar refractivity (Wildman–Crippen MR) is 78.5 cm³/mol. The minimum Gasteiger partial charge on any atom is -0.298 e. The van der Waals surface area contributed by atoms with Crippen LogP contribution < -0.4 is 0 Å². The molecule has 1 heterocycles. The van der Waals surface area contributed by atoms with Crippen LogP contribution in [0.1, 0.15) is 20.7 Å². The van der Waals surface area contributed by atoms with E-state index in [1.165, 1.54) is 29.0 Å². The van der Waals surface area contributed by atoms with Crippen molar-refractivity contribution in [2.24, 2.45) is 0 Å². The molecule has 0 saturated heterocycles. The number of rotatable bonds is 2. The Morgan fingerprint density at radius 1 is 1.19 bits per heavy atom. The maximum absolute atomic E-state index is 13.8. The van der Waals surface area contributed by atoms with E-state index in [0.717, 1.165) is 0 Å². The summed E-state index contributed by atoms with van der Waals surface area (Å²) in [6.07, 6.45) is 2.05. The van der Waals surface area contributed by atoms with Gasteiger partial charge in [-0.05, 0) is 24.3 Å². The number of carbonyl (C=O) groups is 2. The Labute approximate surface area is 124 Å². The van der Waals surface area contributed by atoms with Crippen LogP contribution in [-0.4, -0.2) is 16.8 Å². The van der Waals surface area contributed by atoms with Crippen molar-refractivity contribution in [3.05, 3.63) is 70.6 Å². The average Bonchev–Trinajstić information content (AvgIpc) is 2.85. The molecule has 0 amide bonds. The van der Waals surface area contributed by atoms with Crippen molar-refractivity contribution in [1.82, 2.24) is 4.57 Å². The maximum atomic E-state index is 13.8. The molecular weight excluding hydrogens is 293 g/mol. The molecule has 104 valence electrons. The molecule has 1 aromatic heterocycles. The van der Waals surface area contributed by atoms with Crippen LogP contribution in [-0.2, 0) is 0 Å². The third-order valence-electron chi connectivity index (χ3n) is 3.25. The Morgan fingerprint density at radius 2 is 1.95 bits per heavy atom. The van der Waals surface area contributed by atoms with Crippen LogP contribution in [0, 0.1) is 5.82 Å². The lowest BCUT2D eigenvalue weighted by Gasteiger charge is -2.05. The summed E-state index contributed by atoms with van der Waals surface area (Å²) < 4.78 is 15.0. The third kappa shape index (κ3) is 2.23. The number of hydrogen-bond acceptors (Lipinski definition) is 2. The summed E-state index contributed by atoms with van der Waals surface area (Å²) in [6, 6.07) is 10.6. The van der Waals surface area contributed by atoms with Gasteiger partial charge in [0.15, 0.2) is 6.29 Å². The lowest BCUT2D eigenvalue weighted by molar-refractivity contribution is 0.0961. The first-order chi connectivity index (χ1) is 10.1. The summed E-state index contributed by atoms with van der Waals surface area (Å²) in [7, 11) is 0. The number of hydrogen-bond donors (Lipinski definition) is 0. The summed E-state index contributed by atoms with van der Waals surface area (Å²) in [6.45, 7) is 0. The summed E-state index contributed by atoms with van der Waals surface area (Å²) in [5.41, 5.74) is 0.760. The Balaban J connectivity index is 2.25. The van der Waals surface area contributed by atoms with E-state index < -0.39 is 11.7 Å². The van der Waals surface area contributed by atoms with E-state index in [0.29, 0.717) is 27.8 Å². The highest BCUT2D eigenvalue weighted by atomic mass is 35.5. The lowest BCUT2D eigenvalue weighted by Crippen LogP contribution is -2.12. The minimum absolute atomic E-state index is 0.0631. The van der Waals surface area contributed by atoms with Crippen molar-refractivity contribution in [1.29, 1.82) is 0 Å². The monoisotopic (exact) mass is 301 g/mol. The molecule has 0 atom stereocenters. The van der Waals surface area contributed by atoms with E-state index in [1.54, 1.807) is 24.3 Å². The van der Waals surface area contributed by atoms with E-state index in [1.807, 2.05) is 0 Å². The SMILES string of the molecule is O=Cc1cn(C(=O)c2ccccc2F)c2cc(Cl)ccc12. The average molecular weight is 302 g/mol. The molecule has 21 heavy (non-hydrogen) atoms. The Morgan fingerprint density at radius 3 is 2.67 bits per heavy atom. The van der Waals surface area contributed by atoms with Gasteiger partial charge in [-0.15, -0.1) is 0 Å². The zero-order valence-electron chi connectivity index (χ0n) is 10.7. The Bertz CT molecular complexity index is 870. The highest BCUT2D eigenvalue weighted by Crippen LogP contribution is 2.25. The second kappa shape index (κ2) is 5.14. The molecule has 0 aliphatic carbocycles. The standard InChI is InChI=1S/C16H9ClFNO2/c17-11-5-6-12-10(9-20)8-19(15(12)7-11)16(21)13-3-1-2-4-14(13)18/h1-9H. The molecule has 0 radical (unpaired) electrons. The largest absolute Gasteiger partial charge is 0.298 e. The second-order valence-electron chi connectivity index (χ2n) is 4.52. The minimum atomic E-state index is -0.612. The quantitative estimate of drug-likeness (QED) is 0.673. The molecule has 5 heteroatoms. The van der Waals surface area contributed by atoms with Gasteiger partial charge in [-0.2, -0.15) is 0 Å². The van der Waals surface area contributed by atoms with Gasteiger partial charge >= 0.3 is 0 Å².